The molecule has 0 aromatic carbocycles. The minimum atomic E-state index is -3.53. The molecule has 3 heterocycles. The number of thiophene rings is 1. The molecular weight excluding hydrogens is 362 g/mol. The van der Waals surface area contributed by atoms with E-state index in [1.54, 1.807) is 24.6 Å². The second-order valence-electron chi connectivity index (χ2n) is 6.57. The van der Waals surface area contributed by atoms with Crippen LogP contribution < -0.4 is 0 Å². The van der Waals surface area contributed by atoms with Gasteiger partial charge in [0.1, 0.15) is 15.9 Å². The molecule has 1 saturated heterocycles. The van der Waals surface area contributed by atoms with Gasteiger partial charge >= 0.3 is 0 Å². The maximum absolute atomic E-state index is 12.9. The van der Waals surface area contributed by atoms with Crippen LogP contribution in [0.2, 0.25) is 0 Å². The van der Waals surface area contributed by atoms with Gasteiger partial charge in [-0.05, 0) is 50.0 Å². The fraction of sp³-hybridized carbons (Fsp3) is 0.625. The van der Waals surface area contributed by atoms with E-state index in [9.17, 15) is 8.42 Å². The Bertz CT molecular complexity index is 825. The Morgan fingerprint density at radius 1 is 1.36 bits per heavy atom. The molecule has 0 spiro atoms. The van der Waals surface area contributed by atoms with Gasteiger partial charge in [0.05, 0.1) is 0 Å². The van der Waals surface area contributed by atoms with Gasteiger partial charge in [0, 0.05) is 13.7 Å². The van der Waals surface area contributed by atoms with E-state index in [1.165, 1.54) is 15.6 Å². The molecule has 2 fully saturated rings. The number of hydrogen-bond donors (Lipinski definition) is 0. The number of rotatable bonds is 5. The molecule has 0 amide bonds. The van der Waals surface area contributed by atoms with Crippen molar-refractivity contribution in [3.8, 4) is 0 Å². The molecule has 136 valence electrons. The van der Waals surface area contributed by atoms with Crippen molar-refractivity contribution in [3.05, 3.63) is 29.2 Å². The van der Waals surface area contributed by atoms with Crippen molar-refractivity contribution >= 4 is 21.4 Å². The third-order valence-corrected chi connectivity index (χ3v) is 8.48. The van der Waals surface area contributed by atoms with Gasteiger partial charge in [-0.15, -0.1) is 11.3 Å². The molecule has 4 rings (SSSR count). The Kier molecular flexibility index (Phi) is 4.43. The van der Waals surface area contributed by atoms with Gasteiger partial charge in [-0.2, -0.15) is 9.29 Å². The number of aromatic nitrogens is 2. The van der Waals surface area contributed by atoms with Gasteiger partial charge in [-0.1, -0.05) is 11.2 Å². The SMILES string of the molecule is COC1(c2noc(C3CCCN3S(=O)(=O)c3cccs3)n2)CCCC1. The summed E-state index contributed by atoms with van der Waals surface area (Å²) < 4.78 is 38.8. The fourth-order valence-corrected chi connectivity index (χ4v) is 6.59. The summed E-state index contributed by atoms with van der Waals surface area (Å²) in [6.07, 6.45) is 5.34. The van der Waals surface area contributed by atoms with Gasteiger partial charge in [0.2, 0.25) is 11.7 Å². The average Bonchev–Trinajstić information content (AvgIpc) is 3.43. The zero-order valence-corrected chi connectivity index (χ0v) is 15.7. The molecule has 7 nitrogen and oxygen atoms in total. The predicted molar refractivity (Wildman–Crippen MR) is 91.6 cm³/mol. The molecule has 9 heteroatoms. The lowest BCUT2D eigenvalue weighted by molar-refractivity contribution is -0.0178. The molecule has 1 aliphatic heterocycles. The zero-order valence-electron chi connectivity index (χ0n) is 14.1. The minimum Gasteiger partial charge on any atom is -0.370 e. The highest BCUT2D eigenvalue weighted by molar-refractivity contribution is 7.91. The summed E-state index contributed by atoms with van der Waals surface area (Å²) in [5.41, 5.74) is -0.488. The van der Waals surface area contributed by atoms with Crippen LogP contribution in [0.15, 0.2) is 26.2 Å². The number of nitrogens with zero attached hydrogens (tertiary/aromatic N) is 3. The predicted octanol–water partition coefficient (Wildman–Crippen LogP) is 3.07. The van der Waals surface area contributed by atoms with Gasteiger partial charge in [0.25, 0.3) is 10.0 Å². The molecule has 2 aliphatic rings. The lowest BCUT2D eigenvalue weighted by atomic mass is 10.0. The Hall–Kier alpha value is -1.29. The molecular formula is C16H21N3O4S2. The normalized spacial score (nSPS) is 24.1. The topological polar surface area (TPSA) is 85.5 Å². The van der Waals surface area contributed by atoms with E-state index in [4.69, 9.17) is 9.26 Å². The molecule has 1 atom stereocenters. The number of methoxy groups -OCH3 is 1. The Morgan fingerprint density at radius 2 is 2.16 bits per heavy atom. The van der Waals surface area contributed by atoms with Crippen LogP contribution in [-0.2, 0) is 20.4 Å². The maximum atomic E-state index is 12.9. The standard InChI is InChI=1S/C16H21N3O4S2/c1-22-16(8-2-3-9-16)15-17-14(23-18-15)12-6-4-10-19(12)25(20,21)13-7-5-11-24-13/h5,7,11-12H,2-4,6,8-10H2,1H3. The summed E-state index contributed by atoms with van der Waals surface area (Å²) >= 11 is 1.23. The van der Waals surface area contributed by atoms with Crippen LogP contribution >= 0.6 is 11.3 Å². The zero-order chi connectivity index (χ0) is 17.5. The van der Waals surface area contributed by atoms with E-state index < -0.39 is 21.7 Å². The van der Waals surface area contributed by atoms with E-state index in [1.807, 2.05) is 0 Å². The first kappa shape index (κ1) is 17.1. The first-order chi connectivity index (χ1) is 12.1. The Labute approximate surface area is 151 Å². The molecule has 2 aromatic rings. The van der Waals surface area contributed by atoms with Crippen LogP contribution in [0, 0.1) is 0 Å². The molecule has 1 aliphatic carbocycles. The Balaban J connectivity index is 1.64. The third-order valence-electron chi connectivity index (χ3n) is 5.20. The van der Waals surface area contributed by atoms with Crippen molar-refractivity contribution in [2.75, 3.05) is 13.7 Å². The van der Waals surface area contributed by atoms with E-state index >= 15 is 0 Å². The summed E-state index contributed by atoms with van der Waals surface area (Å²) in [5, 5.41) is 5.90. The molecule has 0 N–H and O–H groups in total. The van der Waals surface area contributed by atoms with Crippen molar-refractivity contribution < 1.29 is 17.7 Å². The molecule has 0 bridgehead atoms. The highest BCUT2D eigenvalue weighted by atomic mass is 32.2. The second-order valence-corrected chi connectivity index (χ2v) is 9.63. The molecule has 25 heavy (non-hydrogen) atoms. The van der Waals surface area contributed by atoms with E-state index in [2.05, 4.69) is 10.1 Å². The number of sulfonamides is 1. The number of ether oxygens (including phenoxy) is 1. The van der Waals surface area contributed by atoms with Crippen molar-refractivity contribution in [1.29, 1.82) is 0 Å². The van der Waals surface area contributed by atoms with Crippen molar-refractivity contribution in [3.63, 3.8) is 0 Å². The van der Waals surface area contributed by atoms with Gasteiger partial charge in [-0.25, -0.2) is 8.42 Å². The van der Waals surface area contributed by atoms with Crippen LogP contribution in [0.5, 0.6) is 0 Å². The summed E-state index contributed by atoms with van der Waals surface area (Å²) in [6.45, 7) is 0.470. The molecule has 0 radical (unpaired) electrons. The van der Waals surface area contributed by atoms with E-state index in [-0.39, 0.29) is 0 Å². The highest BCUT2D eigenvalue weighted by Crippen LogP contribution is 2.42. The summed E-state index contributed by atoms with van der Waals surface area (Å²) in [6, 6.07) is 2.98. The second kappa shape index (κ2) is 6.46. The molecule has 1 unspecified atom stereocenters. The van der Waals surface area contributed by atoms with Crippen molar-refractivity contribution in [1.82, 2.24) is 14.4 Å². The maximum Gasteiger partial charge on any atom is 0.253 e. The molecule has 2 aromatic heterocycles. The minimum absolute atomic E-state index is 0.350. The summed E-state index contributed by atoms with van der Waals surface area (Å²) in [7, 11) is -1.86. The smallest absolute Gasteiger partial charge is 0.253 e. The monoisotopic (exact) mass is 383 g/mol. The van der Waals surface area contributed by atoms with E-state index in [0.717, 1.165) is 32.1 Å². The molecule has 1 saturated carbocycles. The lowest BCUT2D eigenvalue weighted by Gasteiger charge is -2.23. The largest absolute Gasteiger partial charge is 0.370 e. The Morgan fingerprint density at radius 3 is 2.84 bits per heavy atom. The van der Waals surface area contributed by atoms with E-state index in [0.29, 0.717) is 28.9 Å². The summed E-state index contributed by atoms with van der Waals surface area (Å²) in [5.74, 6) is 0.916. The fourth-order valence-electron chi connectivity index (χ4n) is 3.82. The van der Waals surface area contributed by atoms with Crippen LogP contribution in [0.4, 0.5) is 0 Å². The summed E-state index contributed by atoms with van der Waals surface area (Å²) in [4.78, 5) is 4.56. The number of hydrogen-bond acceptors (Lipinski definition) is 7. The van der Waals surface area contributed by atoms with Crippen LogP contribution in [-0.4, -0.2) is 36.5 Å². The average molecular weight is 383 g/mol. The highest BCUT2D eigenvalue weighted by Gasteiger charge is 2.43. The quantitative estimate of drug-likeness (QED) is 0.789. The van der Waals surface area contributed by atoms with Crippen LogP contribution in [0.25, 0.3) is 0 Å². The first-order valence-corrected chi connectivity index (χ1v) is 10.8. The third kappa shape index (κ3) is 2.83. The van der Waals surface area contributed by atoms with Gasteiger partial charge in [-0.3, -0.25) is 0 Å². The lowest BCUT2D eigenvalue weighted by Crippen LogP contribution is -2.30. The van der Waals surface area contributed by atoms with Crippen LogP contribution in [0.1, 0.15) is 56.3 Å². The van der Waals surface area contributed by atoms with Crippen LogP contribution in [0.3, 0.4) is 0 Å². The van der Waals surface area contributed by atoms with Crippen molar-refractivity contribution in [2.24, 2.45) is 0 Å². The van der Waals surface area contributed by atoms with Crippen molar-refractivity contribution in [2.45, 2.75) is 54.4 Å². The van der Waals surface area contributed by atoms with Gasteiger partial charge < -0.3 is 9.26 Å². The first-order valence-electron chi connectivity index (χ1n) is 8.51. The van der Waals surface area contributed by atoms with Gasteiger partial charge in [0.15, 0.2) is 0 Å².